The first-order chi connectivity index (χ1) is 13.2. The second kappa shape index (κ2) is 7.33. The van der Waals surface area contributed by atoms with Gasteiger partial charge in [-0.25, -0.2) is 0 Å². The Morgan fingerprint density at radius 2 is 1.78 bits per heavy atom. The number of fused-ring (bicyclic) bond motifs is 1. The number of ether oxygens (including phenoxy) is 1. The van der Waals surface area contributed by atoms with Gasteiger partial charge in [0.05, 0.1) is 12.1 Å². The summed E-state index contributed by atoms with van der Waals surface area (Å²) in [5, 5.41) is 3.98. The van der Waals surface area contributed by atoms with Crippen LogP contribution in [0.4, 0.5) is 5.69 Å². The van der Waals surface area contributed by atoms with Crippen LogP contribution in [0.5, 0.6) is 5.75 Å². The van der Waals surface area contributed by atoms with E-state index in [4.69, 9.17) is 16.3 Å². The predicted molar refractivity (Wildman–Crippen MR) is 107 cm³/mol. The number of carbonyl (C=O) groups excluding carboxylic acids is 1. The van der Waals surface area contributed by atoms with Crippen LogP contribution in [0.1, 0.15) is 27.7 Å². The Kier molecular flexibility index (Phi) is 4.73. The largest absolute Gasteiger partial charge is 0.495 e. The Morgan fingerprint density at radius 3 is 2.52 bits per heavy atom. The van der Waals surface area contributed by atoms with Gasteiger partial charge < -0.3 is 15.0 Å². The Labute approximate surface area is 163 Å². The molecule has 4 nitrogen and oxygen atoms in total. The van der Waals surface area contributed by atoms with E-state index in [0.717, 1.165) is 22.4 Å². The Morgan fingerprint density at radius 1 is 1.04 bits per heavy atom. The third-order valence-corrected chi connectivity index (χ3v) is 5.00. The van der Waals surface area contributed by atoms with Gasteiger partial charge in [-0.2, -0.15) is 0 Å². The van der Waals surface area contributed by atoms with Gasteiger partial charge in [-0.3, -0.25) is 4.79 Å². The fourth-order valence-corrected chi connectivity index (χ4v) is 3.64. The maximum absolute atomic E-state index is 13.0. The number of halogens is 1. The first kappa shape index (κ1) is 17.4. The van der Waals surface area contributed by atoms with E-state index in [9.17, 15) is 4.79 Å². The summed E-state index contributed by atoms with van der Waals surface area (Å²) in [7, 11) is 1.59. The molecule has 0 saturated heterocycles. The van der Waals surface area contributed by atoms with Gasteiger partial charge in [0.1, 0.15) is 11.9 Å². The van der Waals surface area contributed by atoms with Crippen LogP contribution in [0.3, 0.4) is 0 Å². The fraction of sp³-hybridized carbons (Fsp3) is 0.136. The van der Waals surface area contributed by atoms with Gasteiger partial charge in [0, 0.05) is 23.4 Å². The number of benzene rings is 3. The molecular weight excluding hydrogens is 360 g/mol. The standard InChI is InChI=1S/C22H19ClN2O2/c1-27-20-12-11-16(13-19(20)23)24-21-17-9-5-6-10-18(17)22(26)25(21)14-15-7-3-2-4-8-15/h2-13,21,24H,14H2,1H3/t21-/m1/s1. The van der Waals surface area contributed by atoms with Gasteiger partial charge in [-0.15, -0.1) is 0 Å². The summed E-state index contributed by atoms with van der Waals surface area (Å²) in [5.74, 6) is 0.637. The second-order valence-electron chi connectivity index (χ2n) is 6.40. The molecule has 0 unspecified atom stereocenters. The van der Waals surface area contributed by atoms with Crippen LogP contribution in [-0.2, 0) is 6.54 Å². The van der Waals surface area contributed by atoms with Crippen molar-refractivity contribution in [3.63, 3.8) is 0 Å². The minimum atomic E-state index is -0.265. The maximum atomic E-state index is 13.0. The molecule has 1 heterocycles. The molecule has 0 saturated carbocycles. The third-order valence-electron chi connectivity index (χ3n) is 4.71. The number of nitrogens with zero attached hydrogens (tertiary/aromatic N) is 1. The summed E-state index contributed by atoms with van der Waals surface area (Å²) in [5.41, 5.74) is 3.60. The van der Waals surface area contributed by atoms with Crippen LogP contribution in [0.15, 0.2) is 72.8 Å². The maximum Gasteiger partial charge on any atom is 0.256 e. The lowest BCUT2D eigenvalue weighted by atomic mass is 10.1. The highest BCUT2D eigenvalue weighted by atomic mass is 35.5. The summed E-state index contributed by atoms with van der Waals surface area (Å²) < 4.78 is 5.22. The summed E-state index contributed by atoms with van der Waals surface area (Å²) in [6.07, 6.45) is -0.265. The normalized spacial score (nSPS) is 15.6. The van der Waals surface area contributed by atoms with Gasteiger partial charge in [0.25, 0.3) is 5.91 Å². The number of amides is 1. The third kappa shape index (κ3) is 3.36. The lowest BCUT2D eigenvalue weighted by molar-refractivity contribution is 0.0729. The van der Waals surface area contributed by atoms with E-state index in [1.54, 1.807) is 7.11 Å². The van der Waals surface area contributed by atoms with Crippen LogP contribution >= 0.6 is 11.6 Å². The zero-order valence-corrected chi connectivity index (χ0v) is 15.6. The number of carbonyl (C=O) groups is 1. The highest BCUT2D eigenvalue weighted by molar-refractivity contribution is 6.32. The molecule has 0 aromatic heterocycles. The Bertz CT molecular complexity index is 975. The van der Waals surface area contributed by atoms with Crippen molar-refractivity contribution < 1.29 is 9.53 Å². The van der Waals surface area contributed by atoms with Gasteiger partial charge >= 0.3 is 0 Å². The molecule has 136 valence electrons. The second-order valence-corrected chi connectivity index (χ2v) is 6.81. The molecule has 1 amide bonds. The fourth-order valence-electron chi connectivity index (χ4n) is 3.38. The predicted octanol–water partition coefficient (Wildman–Crippen LogP) is 5.12. The highest BCUT2D eigenvalue weighted by Crippen LogP contribution is 2.37. The van der Waals surface area contributed by atoms with Crippen LogP contribution in [0, 0.1) is 0 Å². The number of rotatable bonds is 5. The number of nitrogens with one attached hydrogen (secondary N) is 1. The quantitative estimate of drug-likeness (QED) is 0.670. The molecule has 0 aliphatic carbocycles. The molecule has 1 aliphatic rings. The molecule has 1 atom stereocenters. The van der Waals surface area contributed by atoms with Crippen molar-refractivity contribution >= 4 is 23.2 Å². The molecule has 0 radical (unpaired) electrons. The van der Waals surface area contributed by atoms with E-state index in [1.807, 2.05) is 77.7 Å². The van der Waals surface area contributed by atoms with E-state index in [2.05, 4.69) is 5.32 Å². The van der Waals surface area contributed by atoms with Gasteiger partial charge in [0.2, 0.25) is 0 Å². The number of hydrogen-bond acceptors (Lipinski definition) is 3. The number of methoxy groups -OCH3 is 1. The molecule has 0 spiro atoms. The number of anilines is 1. The monoisotopic (exact) mass is 378 g/mol. The van der Waals surface area contributed by atoms with Crippen molar-refractivity contribution in [2.45, 2.75) is 12.7 Å². The van der Waals surface area contributed by atoms with E-state index in [1.165, 1.54) is 0 Å². The molecule has 1 N–H and O–H groups in total. The minimum absolute atomic E-state index is 0.0200. The zero-order valence-electron chi connectivity index (χ0n) is 14.9. The smallest absolute Gasteiger partial charge is 0.256 e. The topological polar surface area (TPSA) is 41.6 Å². The molecule has 5 heteroatoms. The summed E-state index contributed by atoms with van der Waals surface area (Å²) in [6, 6.07) is 23.2. The van der Waals surface area contributed by atoms with E-state index in [-0.39, 0.29) is 12.1 Å². The SMILES string of the molecule is COc1ccc(N[C@H]2c3ccccc3C(=O)N2Cc2ccccc2)cc1Cl. The van der Waals surface area contributed by atoms with Crippen LogP contribution in [-0.4, -0.2) is 17.9 Å². The zero-order chi connectivity index (χ0) is 18.8. The molecule has 0 bridgehead atoms. The van der Waals surface area contributed by atoms with Crippen molar-refractivity contribution in [2.75, 3.05) is 12.4 Å². The first-order valence-corrected chi connectivity index (χ1v) is 9.09. The van der Waals surface area contributed by atoms with Crippen LogP contribution < -0.4 is 10.1 Å². The van der Waals surface area contributed by atoms with Crippen molar-refractivity contribution in [3.05, 3.63) is 94.5 Å². The van der Waals surface area contributed by atoms with Crippen molar-refractivity contribution in [3.8, 4) is 5.75 Å². The van der Waals surface area contributed by atoms with Crippen molar-refractivity contribution in [1.29, 1.82) is 0 Å². The summed E-state index contributed by atoms with van der Waals surface area (Å²) in [6.45, 7) is 0.524. The average molecular weight is 379 g/mol. The lowest BCUT2D eigenvalue weighted by Gasteiger charge is -2.27. The molecular formula is C22H19ClN2O2. The van der Waals surface area contributed by atoms with Crippen LogP contribution in [0.25, 0.3) is 0 Å². The van der Waals surface area contributed by atoms with E-state index >= 15 is 0 Å². The highest BCUT2D eigenvalue weighted by Gasteiger charge is 2.36. The summed E-state index contributed by atoms with van der Waals surface area (Å²) >= 11 is 6.26. The van der Waals surface area contributed by atoms with Crippen molar-refractivity contribution in [2.24, 2.45) is 0 Å². The minimum Gasteiger partial charge on any atom is -0.495 e. The Balaban J connectivity index is 1.68. The molecule has 3 aromatic carbocycles. The Hall–Kier alpha value is -2.98. The van der Waals surface area contributed by atoms with Gasteiger partial charge in [-0.05, 0) is 29.8 Å². The average Bonchev–Trinajstić information content (AvgIpc) is 2.95. The lowest BCUT2D eigenvalue weighted by Crippen LogP contribution is -2.31. The van der Waals surface area contributed by atoms with Crippen molar-refractivity contribution in [1.82, 2.24) is 4.90 Å². The van der Waals surface area contributed by atoms with Gasteiger partial charge in [0.15, 0.2) is 0 Å². The molecule has 4 rings (SSSR count). The van der Waals surface area contributed by atoms with Gasteiger partial charge in [-0.1, -0.05) is 60.1 Å². The summed E-state index contributed by atoms with van der Waals surface area (Å²) in [4.78, 5) is 14.9. The molecule has 3 aromatic rings. The number of hydrogen-bond donors (Lipinski definition) is 1. The molecule has 27 heavy (non-hydrogen) atoms. The molecule has 1 aliphatic heterocycles. The van der Waals surface area contributed by atoms with E-state index < -0.39 is 0 Å². The molecule has 0 fully saturated rings. The van der Waals surface area contributed by atoms with E-state index in [0.29, 0.717) is 17.3 Å². The first-order valence-electron chi connectivity index (χ1n) is 8.71. The van der Waals surface area contributed by atoms with Crippen LogP contribution in [0.2, 0.25) is 5.02 Å².